The highest BCUT2D eigenvalue weighted by molar-refractivity contribution is 5.81. The number of hydrogen-bond donors (Lipinski definition) is 3. The lowest BCUT2D eigenvalue weighted by molar-refractivity contribution is 0.112. The Balaban J connectivity index is 1.41. The summed E-state index contributed by atoms with van der Waals surface area (Å²) in [6.07, 6.45) is 2.98. The largest absolute Gasteiger partial charge is 0.490 e. The summed E-state index contributed by atoms with van der Waals surface area (Å²) in [5.74, 6) is 0.395. The minimum Gasteiger partial charge on any atom is -0.490 e. The molecule has 1 saturated heterocycles. The van der Waals surface area contributed by atoms with Crippen molar-refractivity contribution in [2.45, 2.75) is 44.8 Å². The lowest BCUT2D eigenvalue weighted by atomic mass is 9.91. The van der Waals surface area contributed by atoms with Crippen molar-refractivity contribution in [1.29, 1.82) is 0 Å². The smallest absolute Gasteiger partial charge is 0.222 e. The molecule has 0 saturated carbocycles. The van der Waals surface area contributed by atoms with E-state index in [-0.39, 0.29) is 17.5 Å². The van der Waals surface area contributed by atoms with Crippen molar-refractivity contribution in [2.75, 3.05) is 18.8 Å². The van der Waals surface area contributed by atoms with Crippen molar-refractivity contribution in [3.8, 4) is 28.0 Å². The van der Waals surface area contributed by atoms with Crippen molar-refractivity contribution in [3.63, 3.8) is 0 Å². The number of aromatic nitrogens is 1. The first-order valence-corrected chi connectivity index (χ1v) is 11.8. The zero-order chi connectivity index (χ0) is 23.9. The third kappa shape index (κ3) is 4.50. The van der Waals surface area contributed by atoms with Crippen molar-refractivity contribution in [1.82, 2.24) is 15.6 Å². The Hall–Kier alpha value is -3.38. The molecule has 0 spiro atoms. The van der Waals surface area contributed by atoms with E-state index in [1.54, 1.807) is 6.07 Å². The highest BCUT2D eigenvalue weighted by Gasteiger charge is 2.28. The Bertz CT molecular complexity index is 1240. The van der Waals surface area contributed by atoms with Crippen LogP contribution in [-0.4, -0.2) is 29.7 Å². The fraction of sp³-hybridized carbons (Fsp3) is 0.321. The molecule has 2 aliphatic heterocycles. The van der Waals surface area contributed by atoms with Crippen molar-refractivity contribution in [3.05, 3.63) is 72.2 Å². The number of halogens is 1. The van der Waals surface area contributed by atoms with Crippen molar-refractivity contribution >= 4 is 11.5 Å². The molecule has 0 amide bonds. The van der Waals surface area contributed by atoms with E-state index in [0.29, 0.717) is 5.56 Å². The second-order valence-corrected chi connectivity index (χ2v) is 9.85. The first-order valence-electron chi connectivity index (χ1n) is 11.8. The van der Waals surface area contributed by atoms with Gasteiger partial charge in [-0.25, -0.2) is 4.98 Å². The van der Waals surface area contributed by atoms with Crippen LogP contribution in [0, 0.1) is 5.95 Å². The van der Waals surface area contributed by atoms with Gasteiger partial charge in [0.15, 0.2) is 0 Å². The minimum absolute atomic E-state index is 0.0679. The van der Waals surface area contributed by atoms with Crippen LogP contribution in [0.2, 0.25) is 0 Å². The molecule has 34 heavy (non-hydrogen) atoms. The molecule has 176 valence electrons. The molecule has 1 atom stereocenters. The third-order valence-corrected chi connectivity index (χ3v) is 6.76. The number of fused-ring (bicyclic) bond motifs is 1. The molecule has 6 heteroatoms. The number of ether oxygens (including phenoxy) is 1. The molecule has 4 N–H and O–H groups in total. The average molecular weight is 459 g/mol. The molecule has 0 aliphatic carbocycles. The Morgan fingerprint density at radius 1 is 1.03 bits per heavy atom. The summed E-state index contributed by atoms with van der Waals surface area (Å²) >= 11 is 0. The van der Waals surface area contributed by atoms with Gasteiger partial charge in [-0.3, -0.25) is 0 Å². The van der Waals surface area contributed by atoms with E-state index in [4.69, 9.17) is 10.5 Å². The first-order chi connectivity index (χ1) is 16.3. The first kappa shape index (κ1) is 22.4. The fourth-order valence-electron chi connectivity index (χ4n) is 4.96. The molecule has 3 aromatic rings. The van der Waals surface area contributed by atoms with Crippen LogP contribution in [0.5, 0.6) is 5.75 Å². The standard InChI is InChI=1S/C28H31FN4O/c1-17-23-9-6-19(14-20(23)10-12-31-17)25-15-24(26(29)33-27(25)30)18-4-7-21(8-5-18)34-22-11-13-32-28(2,3)16-22/h4-9,14-15,22,31-32H,1,10-13,16H2,2-3H3,(H2,30,33). The number of hydrogen-bond acceptors (Lipinski definition) is 5. The summed E-state index contributed by atoms with van der Waals surface area (Å²) < 4.78 is 21.1. The van der Waals surface area contributed by atoms with Crippen LogP contribution < -0.4 is 21.1 Å². The predicted molar refractivity (Wildman–Crippen MR) is 136 cm³/mol. The number of anilines is 1. The van der Waals surface area contributed by atoms with Gasteiger partial charge in [0, 0.05) is 40.9 Å². The molecule has 2 aliphatic rings. The maximum Gasteiger partial charge on any atom is 0.222 e. The molecule has 1 fully saturated rings. The van der Waals surface area contributed by atoms with Gasteiger partial charge in [-0.15, -0.1) is 0 Å². The Kier molecular flexibility index (Phi) is 5.78. The van der Waals surface area contributed by atoms with Gasteiger partial charge >= 0.3 is 0 Å². The lowest BCUT2D eigenvalue weighted by Gasteiger charge is -2.36. The maximum atomic E-state index is 14.9. The van der Waals surface area contributed by atoms with E-state index < -0.39 is 5.95 Å². The Morgan fingerprint density at radius 3 is 2.56 bits per heavy atom. The summed E-state index contributed by atoms with van der Waals surface area (Å²) in [5.41, 5.74) is 12.3. The average Bonchev–Trinajstić information content (AvgIpc) is 2.79. The van der Waals surface area contributed by atoms with Crippen LogP contribution in [0.25, 0.3) is 28.0 Å². The van der Waals surface area contributed by atoms with Crippen molar-refractivity contribution < 1.29 is 9.13 Å². The molecular formula is C28H31FN4O. The minimum atomic E-state index is -0.578. The summed E-state index contributed by atoms with van der Waals surface area (Å²) in [6, 6.07) is 15.5. The number of nitrogens with two attached hydrogens (primary N) is 1. The SMILES string of the molecule is C=C1NCCc2cc(-c3cc(-c4ccc(OC5CCNC(C)(C)C5)cc4)c(F)nc3N)ccc21. The van der Waals surface area contributed by atoms with E-state index >= 15 is 0 Å². The lowest BCUT2D eigenvalue weighted by Crippen LogP contribution is -2.49. The number of nitrogens with zero attached hydrogens (tertiary/aromatic N) is 1. The summed E-state index contributed by atoms with van der Waals surface area (Å²) in [5, 5.41) is 6.79. The maximum absolute atomic E-state index is 14.9. The highest BCUT2D eigenvalue weighted by atomic mass is 19.1. The highest BCUT2D eigenvalue weighted by Crippen LogP contribution is 2.35. The van der Waals surface area contributed by atoms with E-state index in [1.807, 2.05) is 36.4 Å². The topological polar surface area (TPSA) is 72.2 Å². The molecule has 0 bridgehead atoms. The second-order valence-electron chi connectivity index (χ2n) is 9.85. The van der Waals surface area contributed by atoms with Crippen LogP contribution in [0.1, 0.15) is 37.8 Å². The van der Waals surface area contributed by atoms with Gasteiger partial charge in [-0.05, 0) is 68.1 Å². The van der Waals surface area contributed by atoms with Crippen LogP contribution in [-0.2, 0) is 6.42 Å². The Labute approximate surface area is 200 Å². The number of nitrogen functional groups attached to an aromatic ring is 1. The number of benzene rings is 2. The van der Waals surface area contributed by atoms with Gasteiger partial charge in [0.25, 0.3) is 0 Å². The molecule has 3 heterocycles. The number of nitrogens with one attached hydrogen (secondary N) is 2. The second kappa shape index (κ2) is 8.76. The monoisotopic (exact) mass is 458 g/mol. The summed E-state index contributed by atoms with van der Waals surface area (Å²) in [6.45, 7) is 10.2. The van der Waals surface area contributed by atoms with Crippen LogP contribution in [0.4, 0.5) is 10.2 Å². The molecule has 1 aromatic heterocycles. The third-order valence-electron chi connectivity index (χ3n) is 6.76. The predicted octanol–water partition coefficient (Wildman–Crippen LogP) is 5.16. The zero-order valence-corrected chi connectivity index (χ0v) is 19.7. The van der Waals surface area contributed by atoms with Crippen molar-refractivity contribution in [2.24, 2.45) is 0 Å². The van der Waals surface area contributed by atoms with Gasteiger partial charge in [0.05, 0.1) is 0 Å². The molecule has 2 aromatic carbocycles. The molecule has 1 unspecified atom stereocenters. The number of rotatable bonds is 4. The van der Waals surface area contributed by atoms with Crippen LogP contribution >= 0.6 is 0 Å². The van der Waals surface area contributed by atoms with E-state index in [2.05, 4.69) is 42.1 Å². The van der Waals surface area contributed by atoms with Gasteiger partial charge in [-0.2, -0.15) is 4.39 Å². The summed E-state index contributed by atoms with van der Waals surface area (Å²) in [7, 11) is 0. The molecule has 0 radical (unpaired) electrons. The number of piperidine rings is 1. The molecule has 5 rings (SSSR count). The van der Waals surface area contributed by atoms with E-state index in [9.17, 15) is 4.39 Å². The van der Waals surface area contributed by atoms with Crippen LogP contribution in [0.3, 0.4) is 0 Å². The Morgan fingerprint density at radius 2 is 1.79 bits per heavy atom. The van der Waals surface area contributed by atoms with Gasteiger partial charge in [0.2, 0.25) is 5.95 Å². The van der Waals surface area contributed by atoms with Gasteiger partial charge in [0.1, 0.15) is 17.7 Å². The van der Waals surface area contributed by atoms with E-state index in [1.165, 1.54) is 5.56 Å². The quantitative estimate of drug-likeness (QED) is 0.471. The van der Waals surface area contributed by atoms with E-state index in [0.717, 1.165) is 66.1 Å². The van der Waals surface area contributed by atoms with Gasteiger partial charge < -0.3 is 21.1 Å². The molecular weight excluding hydrogens is 427 g/mol. The number of pyridine rings is 1. The van der Waals surface area contributed by atoms with Gasteiger partial charge in [-0.1, -0.05) is 36.9 Å². The zero-order valence-electron chi connectivity index (χ0n) is 19.7. The molecule has 5 nitrogen and oxygen atoms in total. The summed E-state index contributed by atoms with van der Waals surface area (Å²) in [4.78, 5) is 4.03. The van der Waals surface area contributed by atoms with Crippen LogP contribution in [0.15, 0.2) is 55.1 Å². The fourth-order valence-corrected chi connectivity index (χ4v) is 4.96. The normalized spacial score (nSPS) is 19.3.